The van der Waals surface area contributed by atoms with E-state index in [0.29, 0.717) is 36.0 Å². The van der Waals surface area contributed by atoms with Crippen LogP contribution in [0.5, 0.6) is 28.7 Å². The van der Waals surface area contributed by atoms with Crippen LogP contribution in [0, 0.1) is 0 Å². The van der Waals surface area contributed by atoms with Gasteiger partial charge in [-0.2, -0.15) is 0 Å². The van der Waals surface area contributed by atoms with E-state index in [2.05, 4.69) is 16.3 Å². The van der Waals surface area contributed by atoms with Crippen molar-refractivity contribution in [1.29, 1.82) is 0 Å². The van der Waals surface area contributed by atoms with Crippen molar-refractivity contribution < 1.29 is 28.5 Å². The molecule has 1 aliphatic heterocycles. The average Bonchev–Trinajstić information content (AvgIpc) is 2.96. The number of ether oxygens (including phenoxy) is 5. The highest BCUT2D eigenvalue weighted by molar-refractivity contribution is 5.78. The monoisotopic (exact) mass is 520 g/mol. The number of nitrogens with zero attached hydrogens (tertiary/aromatic N) is 1. The molecule has 3 aromatic carbocycles. The summed E-state index contributed by atoms with van der Waals surface area (Å²) in [7, 11) is 8.17. The minimum Gasteiger partial charge on any atom is -0.496 e. The summed E-state index contributed by atoms with van der Waals surface area (Å²) in [6.07, 6.45) is 1.49. The second kappa shape index (κ2) is 12.6. The van der Waals surface area contributed by atoms with Crippen LogP contribution in [0.15, 0.2) is 54.6 Å². The Kier molecular flexibility index (Phi) is 8.97. The molecule has 3 aromatic rings. The average molecular weight is 521 g/mol. The summed E-state index contributed by atoms with van der Waals surface area (Å²) in [6.45, 7) is 1.40. The number of methoxy groups -OCH3 is 5. The third-order valence-electron chi connectivity index (χ3n) is 7.01. The number of carbonyl (C=O) groups is 1. The molecule has 0 fully saturated rings. The van der Waals surface area contributed by atoms with Gasteiger partial charge in [-0.15, -0.1) is 0 Å². The standard InChI is InChI=1S/C30H36N2O6/c1-34-25-9-7-6-8-22(25)18-31-30(33)19-32-13-12-21-16-28(37-4)29(38-5)17-23(21)24(32)14-20-10-11-26(35-2)27(15-20)36-3/h6-11,15-17,24H,12-14,18-19H2,1-5H3,(H,31,33)/t24-/m0/s1. The maximum Gasteiger partial charge on any atom is 0.234 e. The van der Waals surface area contributed by atoms with Gasteiger partial charge in [0.25, 0.3) is 0 Å². The van der Waals surface area contributed by atoms with Gasteiger partial charge in [0.1, 0.15) is 5.75 Å². The van der Waals surface area contributed by atoms with Crippen molar-refractivity contribution >= 4 is 5.91 Å². The van der Waals surface area contributed by atoms with E-state index >= 15 is 0 Å². The minimum absolute atomic E-state index is 0.0443. The van der Waals surface area contributed by atoms with Crippen LogP contribution < -0.4 is 29.0 Å². The van der Waals surface area contributed by atoms with E-state index in [1.54, 1.807) is 35.5 Å². The van der Waals surface area contributed by atoms with Crippen molar-refractivity contribution in [3.8, 4) is 28.7 Å². The number of hydrogen-bond donors (Lipinski definition) is 1. The molecule has 0 aromatic heterocycles. The number of benzene rings is 3. The maximum atomic E-state index is 13.1. The number of hydrogen-bond acceptors (Lipinski definition) is 7. The largest absolute Gasteiger partial charge is 0.496 e. The van der Waals surface area contributed by atoms with Gasteiger partial charge in [-0.3, -0.25) is 9.69 Å². The molecule has 0 spiro atoms. The molecule has 0 radical (unpaired) electrons. The Labute approximate surface area is 224 Å². The van der Waals surface area contributed by atoms with Crippen LogP contribution in [-0.4, -0.2) is 59.4 Å². The van der Waals surface area contributed by atoms with E-state index in [4.69, 9.17) is 23.7 Å². The van der Waals surface area contributed by atoms with Crippen LogP contribution in [0.3, 0.4) is 0 Å². The third kappa shape index (κ3) is 5.97. The number of amides is 1. The lowest BCUT2D eigenvalue weighted by Gasteiger charge is -2.37. The lowest BCUT2D eigenvalue weighted by atomic mass is 9.88. The van der Waals surface area contributed by atoms with Gasteiger partial charge in [0.05, 0.1) is 42.1 Å². The molecule has 8 nitrogen and oxygen atoms in total. The van der Waals surface area contributed by atoms with E-state index in [0.717, 1.165) is 35.4 Å². The molecular weight excluding hydrogens is 484 g/mol. The molecule has 1 atom stereocenters. The number of para-hydroxylation sites is 1. The van der Waals surface area contributed by atoms with Crippen molar-refractivity contribution in [1.82, 2.24) is 10.2 Å². The smallest absolute Gasteiger partial charge is 0.234 e. The zero-order valence-electron chi connectivity index (χ0n) is 22.7. The summed E-state index contributed by atoms with van der Waals surface area (Å²) in [5.74, 6) is 3.45. The van der Waals surface area contributed by atoms with Gasteiger partial charge in [-0.25, -0.2) is 0 Å². The Hall–Kier alpha value is -3.91. The van der Waals surface area contributed by atoms with Gasteiger partial charge in [-0.05, 0) is 59.9 Å². The summed E-state index contributed by atoms with van der Waals surface area (Å²) in [5, 5.41) is 3.06. The molecule has 1 amide bonds. The lowest BCUT2D eigenvalue weighted by molar-refractivity contribution is -0.123. The van der Waals surface area contributed by atoms with Crippen LogP contribution in [0.4, 0.5) is 0 Å². The predicted molar refractivity (Wildman–Crippen MR) is 146 cm³/mol. The van der Waals surface area contributed by atoms with Crippen LogP contribution in [-0.2, 0) is 24.2 Å². The van der Waals surface area contributed by atoms with E-state index in [1.807, 2.05) is 48.5 Å². The topological polar surface area (TPSA) is 78.5 Å². The first kappa shape index (κ1) is 27.1. The Balaban J connectivity index is 1.60. The van der Waals surface area contributed by atoms with E-state index in [-0.39, 0.29) is 18.5 Å². The summed E-state index contributed by atoms with van der Waals surface area (Å²) >= 11 is 0. The van der Waals surface area contributed by atoms with Gasteiger partial charge in [0.15, 0.2) is 23.0 Å². The highest BCUT2D eigenvalue weighted by Crippen LogP contribution is 2.40. The van der Waals surface area contributed by atoms with Crippen LogP contribution in [0.1, 0.15) is 28.3 Å². The molecule has 202 valence electrons. The minimum atomic E-state index is -0.0475. The van der Waals surface area contributed by atoms with Crippen LogP contribution >= 0.6 is 0 Å². The maximum absolute atomic E-state index is 13.1. The molecule has 38 heavy (non-hydrogen) atoms. The first-order valence-corrected chi connectivity index (χ1v) is 12.6. The first-order valence-electron chi connectivity index (χ1n) is 12.6. The molecule has 0 saturated carbocycles. The summed E-state index contributed by atoms with van der Waals surface area (Å²) < 4.78 is 27.6. The number of fused-ring (bicyclic) bond motifs is 1. The van der Waals surface area contributed by atoms with Gasteiger partial charge in [0.2, 0.25) is 5.91 Å². The van der Waals surface area contributed by atoms with Crippen molar-refractivity contribution in [2.75, 3.05) is 48.6 Å². The number of rotatable bonds is 11. The predicted octanol–water partition coefficient (Wildman–Crippen LogP) is 4.19. The zero-order chi connectivity index (χ0) is 27.1. The first-order chi connectivity index (χ1) is 18.5. The highest BCUT2D eigenvalue weighted by atomic mass is 16.5. The fourth-order valence-corrected chi connectivity index (χ4v) is 5.02. The zero-order valence-corrected chi connectivity index (χ0v) is 22.7. The second-order valence-electron chi connectivity index (χ2n) is 9.12. The lowest BCUT2D eigenvalue weighted by Crippen LogP contribution is -2.43. The Morgan fingerprint density at radius 3 is 2.18 bits per heavy atom. The Bertz CT molecular complexity index is 1260. The molecule has 4 rings (SSSR count). The molecule has 0 unspecified atom stereocenters. The van der Waals surface area contributed by atoms with Crippen LogP contribution in [0.2, 0.25) is 0 Å². The summed E-state index contributed by atoms with van der Waals surface area (Å²) in [4.78, 5) is 15.4. The summed E-state index contributed by atoms with van der Waals surface area (Å²) in [5.41, 5.74) is 4.33. The molecule has 8 heteroatoms. The molecule has 0 bridgehead atoms. The molecule has 0 saturated heterocycles. The van der Waals surface area contributed by atoms with E-state index in [9.17, 15) is 4.79 Å². The molecule has 1 N–H and O–H groups in total. The van der Waals surface area contributed by atoms with Gasteiger partial charge < -0.3 is 29.0 Å². The number of nitrogens with one attached hydrogen (secondary N) is 1. The SMILES string of the molecule is COc1ccccc1CNC(=O)CN1CCc2cc(OC)c(OC)cc2[C@@H]1Cc1ccc(OC)c(OC)c1. The van der Waals surface area contributed by atoms with Crippen molar-refractivity contribution in [2.45, 2.75) is 25.4 Å². The highest BCUT2D eigenvalue weighted by Gasteiger charge is 2.31. The normalized spacial score (nSPS) is 14.8. The fourth-order valence-electron chi connectivity index (χ4n) is 5.02. The summed E-state index contributed by atoms with van der Waals surface area (Å²) in [6, 6.07) is 17.7. The fraction of sp³-hybridized carbons (Fsp3) is 0.367. The van der Waals surface area contributed by atoms with Gasteiger partial charge >= 0.3 is 0 Å². The third-order valence-corrected chi connectivity index (χ3v) is 7.01. The van der Waals surface area contributed by atoms with Crippen molar-refractivity contribution in [3.05, 3.63) is 76.9 Å². The second-order valence-corrected chi connectivity index (χ2v) is 9.12. The quantitative estimate of drug-likeness (QED) is 0.406. The van der Waals surface area contributed by atoms with Crippen LogP contribution in [0.25, 0.3) is 0 Å². The van der Waals surface area contributed by atoms with Gasteiger partial charge in [-0.1, -0.05) is 24.3 Å². The molecule has 0 aliphatic carbocycles. The molecule has 1 aliphatic rings. The Morgan fingerprint density at radius 2 is 1.47 bits per heavy atom. The number of carbonyl (C=O) groups excluding carboxylic acids is 1. The van der Waals surface area contributed by atoms with Gasteiger partial charge in [0, 0.05) is 24.7 Å². The Morgan fingerprint density at radius 1 is 0.816 bits per heavy atom. The van der Waals surface area contributed by atoms with Crippen molar-refractivity contribution in [2.24, 2.45) is 0 Å². The van der Waals surface area contributed by atoms with E-state index < -0.39 is 0 Å². The van der Waals surface area contributed by atoms with Crippen molar-refractivity contribution in [3.63, 3.8) is 0 Å². The molecule has 1 heterocycles. The molecular formula is C30H36N2O6. The van der Waals surface area contributed by atoms with E-state index in [1.165, 1.54) is 5.56 Å².